The van der Waals surface area contributed by atoms with Gasteiger partial charge in [0.25, 0.3) is 11.2 Å². The Hall–Kier alpha value is -3.71. The van der Waals surface area contributed by atoms with Crippen molar-refractivity contribution >= 4 is 22.8 Å². The number of anilines is 1. The number of H-pyrrole nitrogens is 1. The van der Waals surface area contributed by atoms with Crippen LogP contribution in [0.5, 0.6) is 5.75 Å². The van der Waals surface area contributed by atoms with Crippen LogP contribution in [-0.4, -0.2) is 41.8 Å². The lowest BCUT2D eigenvalue weighted by Gasteiger charge is -2.15. The predicted octanol–water partition coefficient (Wildman–Crippen LogP) is -0.943. The molecule has 0 fully saturated rings. The number of imidazole rings is 1. The summed E-state index contributed by atoms with van der Waals surface area (Å²) in [5.41, 5.74) is 1.10. The molecule has 0 bridgehead atoms. The number of nitro benzene ring substituents is 1. The summed E-state index contributed by atoms with van der Waals surface area (Å²) in [6, 6.07) is 5.37. The van der Waals surface area contributed by atoms with Crippen molar-refractivity contribution in [1.82, 2.24) is 19.1 Å². The fraction of sp³-hybridized carbons (Fsp3) is 0.267. The Labute approximate surface area is 156 Å². The van der Waals surface area contributed by atoms with E-state index in [1.165, 1.54) is 35.9 Å². The molecular weight excluding hydrogens is 374 g/mol. The smallest absolute Gasteiger partial charge is 0.329 e. The van der Waals surface area contributed by atoms with Crippen LogP contribution in [0.25, 0.3) is 11.2 Å². The summed E-state index contributed by atoms with van der Waals surface area (Å²) in [6.07, 6.45) is -1.07. The fourth-order valence-corrected chi connectivity index (χ4v) is 2.64. The number of hydrogen-bond donors (Lipinski definition) is 4. The van der Waals surface area contributed by atoms with E-state index in [2.05, 4.69) is 15.4 Å². The number of hydrogen-bond acceptors (Lipinski definition) is 9. The molecule has 3 aromatic rings. The zero-order chi connectivity index (χ0) is 20.4. The molecule has 0 aliphatic carbocycles. The van der Waals surface area contributed by atoms with E-state index in [-0.39, 0.29) is 36.0 Å². The topological polar surface area (TPSA) is 183 Å². The molecule has 0 amide bonds. The number of hydrazine groups is 1. The van der Waals surface area contributed by atoms with Gasteiger partial charge in [0.15, 0.2) is 11.2 Å². The second-order valence-corrected chi connectivity index (χ2v) is 5.90. The summed E-state index contributed by atoms with van der Waals surface area (Å²) in [5.74, 6) is 5.84. The SMILES string of the molecule is Cn1c(=O)[nH]c(=O)c2c1nc(NN)n2C[C@@H](O)COc1ccc([N+](=O)[O-])cc1. The minimum Gasteiger partial charge on any atom is -0.491 e. The monoisotopic (exact) mass is 391 g/mol. The van der Waals surface area contributed by atoms with Gasteiger partial charge in [-0.1, -0.05) is 0 Å². The predicted molar refractivity (Wildman–Crippen MR) is 98.0 cm³/mol. The number of rotatable bonds is 7. The number of aliphatic hydroxyl groups excluding tert-OH is 1. The number of aryl methyl sites for hydroxylation is 1. The van der Waals surface area contributed by atoms with Crippen molar-refractivity contribution < 1.29 is 14.8 Å². The lowest BCUT2D eigenvalue weighted by atomic mass is 10.3. The van der Waals surface area contributed by atoms with E-state index < -0.39 is 22.3 Å². The van der Waals surface area contributed by atoms with Gasteiger partial charge in [0.1, 0.15) is 18.5 Å². The van der Waals surface area contributed by atoms with Crippen molar-refractivity contribution in [3.63, 3.8) is 0 Å². The molecule has 0 aliphatic rings. The Balaban J connectivity index is 1.80. The number of nitro groups is 1. The first-order valence-electron chi connectivity index (χ1n) is 8.03. The fourth-order valence-electron chi connectivity index (χ4n) is 2.64. The third kappa shape index (κ3) is 3.56. The maximum Gasteiger partial charge on any atom is 0.329 e. The first kappa shape index (κ1) is 19.1. The average Bonchev–Trinajstić information content (AvgIpc) is 3.03. The first-order valence-corrected chi connectivity index (χ1v) is 8.03. The van der Waals surface area contributed by atoms with Crippen LogP contribution in [0.4, 0.5) is 11.6 Å². The van der Waals surface area contributed by atoms with Crippen LogP contribution in [0.3, 0.4) is 0 Å². The van der Waals surface area contributed by atoms with E-state index in [0.717, 1.165) is 4.57 Å². The minimum atomic E-state index is -1.07. The molecule has 0 saturated carbocycles. The second kappa shape index (κ2) is 7.50. The van der Waals surface area contributed by atoms with Crippen molar-refractivity contribution in [2.45, 2.75) is 12.6 Å². The Bertz CT molecular complexity index is 1130. The van der Waals surface area contributed by atoms with Gasteiger partial charge < -0.3 is 14.4 Å². The number of non-ortho nitro benzene ring substituents is 1. The molecule has 2 aromatic heterocycles. The molecule has 1 atom stereocenters. The summed E-state index contributed by atoms with van der Waals surface area (Å²) in [6.45, 7) is -0.268. The third-order valence-corrected chi connectivity index (χ3v) is 4.02. The Morgan fingerprint density at radius 2 is 2.07 bits per heavy atom. The van der Waals surface area contributed by atoms with Gasteiger partial charge in [0.05, 0.1) is 11.5 Å². The zero-order valence-electron chi connectivity index (χ0n) is 14.7. The van der Waals surface area contributed by atoms with Crippen LogP contribution in [0.1, 0.15) is 0 Å². The molecule has 0 saturated heterocycles. The number of nitrogens with zero attached hydrogens (tertiary/aromatic N) is 4. The highest BCUT2D eigenvalue weighted by molar-refractivity contribution is 5.74. The Morgan fingerprint density at radius 3 is 2.68 bits per heavy atom. The number of benzene rings is 1. The second-order valence-electron chi connectivity index (χ2n) is 5.90. The van der Waals surface area contributed by atoms with Crippen molar-refractivity contribution in [1.29, 1.82) is 0 Å². The largest absolute Gasteiger partial charge is 0.491 e. The zero-order valence-corrected chi connectivity index (χ0v) is 14.7. The van der Waals surface area contributed by atoms with Crippen LogP contribution in [-0.2, 0) is 13.6 Å². The normalized spacial score (nSPS) is 12.1. The van der Waals surface area contributed by atoms with Gasteiger partial charge in [-0.25, -0.2) is 10.6 Å². The summed E-state index contributed by atoms with van der Waals surface area (Å²) in [7, 11) is 1.44. The molecule has 148 valence electrons. The molecule has 2 heterocycles. The highest BCUT2D eigenvalue weighted by Gasteiger charge is 2.19. The van der Waals surface area contributed by atoms with Crippen LogP contribution in [0, 0.1) is 10.1 Å². The Morgan fingerprint density at radius 1 is 1.39 bits per heavy atom. The van der Waals surface area contributed by atoms with Crippen LogP contribution in [0.2, 0.25) is 0 Å². The third-order valence-electron chi connectivity index (χ3n) is 4.02. The van der Waals surface area contributed by atoms with E-state index in [9.17, 15) is 24.8 Å². The molecular formula is C15H17N7O6. The number of fused-ring (bicyclic) bond motifs is 1. The lowest BCUT2D eigenvalue weighted by molar-refractivity contribution is -0.384. The standard InChI is InChI=1S/C15H17N7O6/c1-20-12-11(13(24)18-15(20)25)21(14(17-12)19-16)6-9(23)7-28-10-4-2-8(3-5-10)22(26)27/h2-5,9,23H,6-7,16H2,1H3,(H,17,19)(H,18,24,25)/t9-/m1/s1. The number of nitrogens with two attached hydrogens (primary N) is 1. The number of nitrogens with one attached hydrogen (secondary N) is 2. The molecule has 3 rings (SSSR count). The first-order chi connectivity index (χ1) is 13.3. The van der Waals surface area contributed by atoms with E-state index in [4.69, 9.17) is 10.6 Å². The van der Waals surface area contributed by atoms with Crippen molar-refractivity contribution in [3.05, 3.63) is 55.2 Å². The summed E-state index contributed by atoms with van der Waals surface area (Å²) >= 11 is 0. The lowest BCUT2D eigenvalue weighted by Crippen LogP contribution is -2.31. The van der Waals surface area contributed by atoms with E-state index >= 15 is 0 Å². The molecule has 0 aliphatic heterocycles. The van der Waals surface area contributed by atoms with E-state index in [0.29, 0.717) is 5.75 Å². The number of ether oxygens (including phenoxy) is 1. The molecule has 1 aromatic carbocycles. The summed E-state index contributed by atoms with van der Waals surface area (Å²) in [4.78, 5) is 40.3. The van der Waals surface area contributed by atoms with Crippen LogP contribution < -0.4 is 27.3 Å². The molecule has 0 spiro atoms. The van der Waals surface area contributed by atoms with Crippen molar-refractivity contribution in [2.75, 3.05) is 12.0 Å². The van der Waals surface area contributed by atoms with Gasteiger partial charge in [-0.2, -0.15) is 4.98 Å². The highest BCUT2D eigenvalue weighted by Crippen LogP contribution is 2.18. The van der Waals surface area contributed by atoms with Crippen LogP contribution >= 0.6 is 0 Å². The molecule has 5 N–H and O–H groups in total. The maximum atomic E-state index is 12.2. The molecule has 0 radical (unpaired) electrons. The summed E-state index contributed by atoms with van der Waals surface area (Å²) < 4.78 is 7.89. The van der Waals surface area contributed by atoms with Gasteiger partial charge in [-0.05, 0) is 12.1 Å². The maximum absolute atomic E-state index is 12.2. The van der Waals surface area contributed by atoms with Crippen LogP contribution in [0.15, 0.2) is 33.9 Å². The molecule has 13 nitrogen and oxygen atoms in total. The molecule has 28 heavy (non-hydrogen) atoms. The number of aromatic amines is 1. The van der Waals surface area contributed by atoms with E-state index in [1.807, 2.05) is 0 Å². The number of nitrogen functional groups attached to an aromatic ring is 1. The van der Waals surface area contributed by atoms with Gasteiger partial charge in [0, 0.05) is 19.2 Å². The summed E-state index contributed by atoms with van der Waals surface area (Å²) in [5, 5.41) is 20.9. The van der Waals surface area contributed by atoms with Gasteiger partial charge in [-0.3, -0.25) is 29.9 Å². The number of aromatic nitrogens is 4. The highest BCUT2D eigenvalue weighted by atomic mass is 16.6. The van der Waals surface area contributed by atoms with Crippen molar-refractivity contribution in [2.24, 2.45) is 12.9 Å². The quantitative estimate of drug-likeness (QED) is 0.224. The van der Waals surface area contributed by atoms with Crippen molar-refractivity contribution in [3.8, 4) is 5.75 Å². The minimum absolute atomic E-state index is 0.0597. The molecule has 13 heteroatoms. The number of aliphatic hydroxyl groups is 1. The Kier molecular flexibility index (Phi) is 5.10. The van der Waals surface area contributed by atoms with Gasteiger partial charge in [0.2, 0.25) is 5.95 Å². The van der Waals surface area contributed by atoms with Gasteiger partial charge in [-0.15, -0.1) is 0 Å². The van der Waals surface area contributed by atoms with Gasteiger partial charge >= 0.3 is 5.69 Å². The molecule has 0 unspecified atom stereocenters. The van der Waals surface area contributed by atoms with E-state index in [1.54, 1.807) is 0 Å². The average molecular weight is 391 g/mol.